The number of hydrogen-bond acceptors (Lipinski definition) is 4. The van der Waals surface area contributed by atoms with Crippen molar-refractivity contribution in [3.63, 3.8) is 0 Å². The van der Waals surface area contributed by atoms with Gasteiger partial charge in [-0.1, -0.05) is 6.92 Å². The van der Waals surface area contributed by atoms with Crippen LogP contribution in [0, 0.1) is 6.92 Å². The molecule has 6 heteroatoms. The summed E-state index contributed by atoms with van der Waals surface area (Å²) in [5, 5.41) is 0.883. The molecule has 0 saturated heterocycles. The monoisotopic (exact) mass is 387 g/mol. The van der Waals surface area contributed by atoms with Crippen molar-refractivity contribution in [2.24, 2.45) is 5.84 Å². The molecule has 2 aromatic rings. The molecule has 4 nitrogen and oxygen atoms in total. The van der Waals surface area contributed by atoms with E-state index in [0.29, 0.717) is 0 Å². The van der Waals surface area contributed by atoms with Gasteiger partial charge in [-0.3, -0.25) is 10.8 Å². The van der Waals surface area contributed by atoms with Crippen LogP contribution in [0.4, 0.5) is 5.69 Å². The summed E-state index contributed by atoms with van der Waals surface area (Å²) in [4.78, 5) is 4.66. The number of ether oxygens (including phenoxy) is 1. The van der Waals surface area contributed by atoms with Gasteiger partial charge in [0, 0.05) is 10.2 Å². The van der Waals surface area contributed by atoms with Crippen LogP contribution in [0.1, 0.15) is 18.2 Å². The lowest BCUT2D eigenvalue weighted by Gasteiger charge is -2.17. The summed E-state index contributed by atoms with van der Waals surface area (Å²) in [5.74, 6) is 6.45. The van der Waals surface area contributed by atoms with Crippen LogP contribution in [0.3, 0.4) is 0 Å². The number of hydrogen-bond donors (Lipinski definition) is 2. The third-order valence-corrected chi connectivity index (χ3v) is 4.32. The normalized spacial score (nSPS) is 10.8. The second kappa shape index (κ2) is 5.64. The van der Waals surface area contributed by atoms with Crippen molar-refractivity contribution in [1.29, 1.82) is 0 Å². The number of nitrogens with one attached hydrogen (secondary N) is 1. The van der Waals surface area contributed by atoms with Crippen molar-refractivity contribution in [2.45, 2.75) is 20.3 Å². The molecule has 2 rings (SSSR count). The maximum Gasteiger partial charge on any atom is 0.144 e. The van der Waals surface area contributed by atoms with Crippen LogP contribution in [0.5, 0.6) is 5.75 Å². The molecule has 0 saturated carbocycles. The molecular weight excluding hydrogens is 374 g/mol. The lowest BCUT2D eigenvalue weighted by Crippen LogP contribution is -2.12. The molecule has 0 bridgehead atoms. The van der Waals surface area contributed by atoms with Crippen LogP contribution in [0.15, 0.2) is 15.0 Å². The zero-order chi connectivity index (χ0) is 14.2. The minimum Gasteiger partial charge on any atom is -0.495 e. The highest BCUT2D eigenvalue weighted by molar-refractivity contribution is 9.11. The number of nitrogen functional groups attached to an aromatic ring is 1. The molecule has 0 fully saturated rings. The molecular formula is C13H15Br2N3O. The first kappa shape index (κ1) is 14.6. The second-order valence-corrected chi connectivity index (χ2v) is 5.85. The van der Waals surface area contributed by atoms with Crippen LogP contribution in [-0.4, -0.2) is 12.1 Å². The Kier molecular flexibility index (Phi) is 4.32. The average Bonchev–Trinajstić information content (AvgIpc) is 2.38. The number of aromatic nitrogens is 1. The summed E-state index contributed by atoms with van der Waals surface area (Å²) in [5.41, 5.74) is 6.56. The number of anilines is 1. The molecule has 0 aliphatic heterocycles. The van der Waals surface area contributed by atoms with Gasteiger partial charge in [0.2, 0.25) is 0 Å². The number of benzene rings is 1. The fourth-order valence-electron chi connectivity index (χ4n) is 2.29. The third-order valence-electron chi connectivity index (χ3n) is 3.13. The number of pyridine rings is 1. The van der Waals surface area contributed by atoms with Gasteiger partial charge in [0.15, 0.2) is 0 Å². The van der Waals surface area contributed by atoms with Crippen LogP contribution in [0.25, 0.3) is 10.9 Å². The Hall–Kier alpha value is -0.850. The van der Waals surface area contributed by atoms with E-state index in [-0.39, 0.29) is 0 Å². The fourth-order valence-corrected chi connectivity index (χ4v) is 3.70. The van der Waals surface area contributed by atoms with Crippen LogP contribution in [-0.2, 0) is 6.42 Å². The standard InChI is InChI=1S/C13H15Br2N3O/c1-4-7-6(2)17-12-8(14)5-9(15)13(19-3)10(12)11(7)18-16/h5H,4,16H2,1-3H3,(H,17,18). The Bertz CT molecular complexity index is 644. The molecule has 0 amide bonds. The molecule has 3 N–H and O–H groups in total. The lowest BCUT2D eigenvalue weighted by molar-refractivity contribution is 0.417. The van der Waals surface area contributed by atoms with E-state index < -0.39 is 0 Å². The molecule has 1 aromatic carbocycles. The van der Waals surface area contributed by atoms with Gasteiger partial charge in [0.1, 0.15) is 5.75 Å². The smallest absolute Gasteiger partial charge is 0.144 e. The highest BCUT2D eigenvalue weighted by Crippen LogP contribution is 2.42. The molecule has 0 atom stereocenters. The number of hydrazine groups is 1. The van der Waals surface area contributed by atoms with E-state index in [1.807, 2.05) is 13.0 Å². The fraction of sp³-hybridized carbons (Fsp3) is 0.308. The maximum absolute atomic E-state index is 5.72. The molecule has 0 radical (unpaired) electrons. The zero-order valence-corrected chi connectivity index (χ0v) is 14.1. The van der Waals surface area contributed by atoms with Gasteiger partial charge < -0.3 is 10.2 Å². The first-order valence-corrected chi connectivity index (χ1v) is 7.45. The molecule has 19 heavy (non-hydrogen) atoms. The van der Waals surface area contributed by atoms with Crippen molar-refractivity contribution in [2.75, 3.05) is 12.5 Å². The summed E-state index contributed by atoms with van der Waals surface area (Å²) in [6.45, 7) is 4.07. The van der Waals surface area contributed by atoms with Crippen molar-refractivity contribution in [3.8, 4) is 5.75 Å². The van der Waals surface area contributed by atoms with E-state index in [0.717, 1.165) is 49.0 Å². The number of rotatable bonds is 3. The topological polar surface area (TPSA) is 60.2 Å². The molecule has 1 heterocycles. The van der Waals surface area contributed by atoms with Gasteiger partial charge in [0.25, 0.3) is 0 Å². The molecule has 0 aliphatic carbocycles. The number of methoxy groups -OCH3 is 1. The highest BCUT2D eigenvalue weighted by atomic mass is 79.9. The molecule has 0 aliphatic rings. The second-order valence-electron chi connectivity index (χ2n) is 4.15. The molecule has 102 valence electrons. The summed E-state index contributed by atoms with van der Waals surface area (Å²) < 4.78 is 7.25. The number of aryl methyl sites for hydroxylation is 1. The van der Waals surface area contributed by atoms with E-state index in [2.05, 4.69) is 49.2 Å². The van der Waals surface area contributed by atoms with Crippen molar-refractivity contribution in [3.05, 3.63) is 26.3 Å². The van der Waals surface area contributed by atoms with E-state index in [4.69, 9.17) is 10.6 Å². The number of nitrogens with two attached hydrogens (primary N) is 1. The Labute approximate surface area is 129 Å². The SMILES string of the molecule is CCc1c(C)nc2c(Br)cc(Br)c(OC)c2c1NN. The van der Waals surface area contributed by atoms with E-state index in [1.165, 1.54) is 0 Å². The number of nitrogens with zero attached hydrogens (tertiary/aromatic N) is 1. The van der Waals surface area contributed by atoms with E-state index in [1.54, 1.807) is 7.11 Å². The van der Waals surface area contributed by atoms with Crippen LogP contribution < -0.4 is 16.0 Å². The highest BCUT2D eigenvalue weighted by Gasteiger charge is 2.19. The summed E-state index contributed by atoms with van der Waals surface area (Å²) in [6, 6.07) is 1.93. The first-order chi connectivity index (χ1) is 9.04. The molecule has 1 aromatic heterocycles. The summed E-state index contributed by atoms with van der Waals surface area (Å²) in [7, 11) is 1.64. The zero-order valence-electron chi connectivity index (χ0n) is 11.0. The third kappa shape index (κ3) is 2.32. The number of halogens is 2. The Morgan fingerprint density at radius 2 is 2.05 bits per heavy atom. The largest absolute Gasteiger partial charge is 0.495 e. The number of fused-ring (bicyclic) bond motifs is 1. The van der Waals surface area contributed by atoms with Gasteiger partial charge in [-0.05, 0) is 56.8 Å². The van der Waals surface area contributed by atoms with Gasteiger partial charge in [-0.15, -0.1) is 0 Å². The van der Waals surface area contributed by atoms with Gasteiger partial charge in [-0.2, -0.15) is 0 Å². The summed E-state index contributed by atoms with van der Waals surface area (Å²) in [6.07, 6.45) is 0.849. The van der Waals surface area contributed by atoms with Gasteiger partial charge in [-0.25, -0.2) is 0 Å². The van der Waals surface area contributed by atoms with Gasteiger partial charge in [0.05, 0.1) is 28.2 Å². The lowest BCUT2D eigenvalue weighted by atomic mass is 10.0. The molecule has 0 unspecified atom stereocenters. The van der Waals surface area contributed by atoms with Crippen LogP contribution in [0.2, 0.25) is 0 Å². The minimum absolute atomic E-state index is 0.730. The predicted molar refractivity (Wildman–Crippen MR) is 85.6 cm³/mol. The molecule has 0 spiro atoms. The minimum atomic E-state index is 0.730. The quantitative estimate of drug-likeness (QED) is 0.617. The maximum atomic E-state index is 5.72. The first-order valence-electron chi connectivity index (χ1n) is 5.86. The average molecular weight is 389 g/mol. The Balaban J connectivity index is 3.03. The van der Waals surface area contributed by atoms with E-state index >= 15 is 0 Å². The van der Waals surface area contributed by atoms with Crippen molar-refractivity contribution in [1.82, 2.24) is 4.98 Å². The Morgan fingerprint density at radius 1 is 1.37 bits per heavy atom. The van der Waals surface area contributed by atoms with Gasteiger partial charge >= 0.3 is 0 Å². The van der Waals surface area contributed by atoms with Crippen molar-refractivity contribution >= 4 is 48.5 Å². The predicted octanol–water partition coefficient (Wildman–Crippen LogP) is 3.92. The van der Waals surface area contributed by atoms with Crippen LogP contribution >= 0.6 is 31.9 Å². The van der Waals surface area contributed by atoms with E-state index in [9.17, 15) is 0 Å². The Morgan fingerprint density at radius 3 is 2.58 bits per heavy atom. The van der Waals surface area contributed by atoms with Crippen molar-refractivity contribution < 1.29 is 4.74 Å². The summed E-state index contributed by atoms with van der Waals surface area (Å²) >= 11 is 7.04.